The third-order valence-electron chi connectivity index (χ3n) is 5.09. The number of methoxy groups -OCH3 is 3. The van der Waals surface area contributed by atoms with Crippen LogP contribution in [-0.2, 0) is 20.0 Å². The average Bonchev–Trinajstić information content (AvgIpc) is 2.97. The molecular formula is C22H35N5O3. The van der Waals surface area contributed by atoms with Crippen LogP contribution >= 0.6 is 0 Å². The summed E-state index contributed by atoms with van der Waals surface area (Å²) < 4.78 is 18.3. The van der Waals surface area contributed by atoms with Crippen LogP contribution in [-0.4, -0.2) is 49.7 Å². The molecule has 0 amide bonds. The molecule has 30 heavy (non-hydrogen) atoms. The summed E-state index contributed by atoms with van der Waals surface area (Å²) >= 11 is 0. The molecule has 1 unspecified atom stereocenters. The monoisotopic (exact) mass is 417 g/mol. The van der Waals surface area contributed by atoms with Gasteiger partial charge in [-0.1, -0.05) is 0 Å². The molecule has 0 spiro atoms. The van der Waals surface area contributed by atoms with Crippen LogP contribution in [0, 0.1) is 13.8 Å². The molecule has 1 atom stereocenters. The van der Waals surface area contributed by atoms with Gasteiger partial charge in [0.1, 0.15) is 0 Å². The van der Waals surface area contributed by atoms with Gasteiger partial charge in [0.25, 0.3) is 0 Å². The quantitative estimate of drug-likeness (QED) is 0.482. The van der Waals surface area contributed by atoms with Crippen molar-refractivity contribution < 1.29 is 14.2 Å². The van der Waals surface area contributed by atoms with Crippen LogP contribution in [0.2, 0.25) is 0 Å². The summed E-state index contributed by atoms with van der Waals surface area (Å²) in [7, 11) is 6.80. The molecule has 0 aliphatic rings. The number of nitrogens with zero attached hydrogens (tertiary/aromatic N) is 3. The molecule has 0 saturated carbocycles. The van der Waals surface area contributed by atoms with E-state index in [1.54, 1.807) is 21.3 Å². The average molecular weight is 418 g/mol. The lowest BCUT2D eigenvalue weighted by Crippen LogP contribution is -2.43. The van der Waals surface area contributed by atoms with Gasteiger partial charge in [-0.15, -0.1) is 0 Å². The van der Waals surface area contributed by atoms with Crippen LogP contribution in [0.5, 0.6) is 17.2 Å². The second-order valence-electron chi connectivity index (χ2n) is 7.21. The van der Waals surface area contributed by atoms with Crippen molar-refractivity contribution in [1.29, 1.82) is 0 Å². The second-order valence-corrected chi connectivity index (χ2v) is 7.21. The fraction of sp³-hybridized carbons (Fsp3) is 0.545. The van der Waals surface area contributed by atoms with Crippen LogP contribution in [0.4, 0.5) is 0 Å². The predicted molar refractivity (Wildman–Crippen MR) is 120 cm³/mol. The van der Waals surface area contributed by atoms with Gasteiger partial charge in [0, 0.05) is 30.9 Å². The summed E-state index contributed by atoms with van der Waals surface area (Å²) in [5.41, 5.74) is 4.45. The minimum Gasteiger partial charge on any atom is -0.493 e. The van der Waals surface area contributed by atoms with E-state index in [-0.39, 0.29) is 6.04 Å². The molecule has 8 heteroatoms. The number of aromatic nitrogens is 2. The van der Waals surface area contributed by atoms with E-state index >= 15 is 0 Å². The van der Waals surface area contributed by atoms with E-state index < -0.39 is 0 Å². The number of rotatable bonds is 9. The van der Waals surface area contributed by atoms with Crippen LogP contribution in [0.15, 0.2) is 17.1 Å². The molecule has 2 aromatic rings. The second kappa shape index (κ2) is 10.8. The van der Waals surface area contributed by atoms with Crippen molar-refractivity contribution in [2.45, 2.75) is 46.7 Å². The summed E-state index contributed by atoms with van der Waals surface area (Å²) in [5.74, 6) is 2.58. The molecule has 0 radical (unpaired) electrons. The normalized spacial score (nSPS) is 12.5. The van der Waals surface area contributed by atoms with E-state index in [0.717, 1.165) is 30.2 Å². The third kappa shape index (κ3) is 5.37. The first-order valence-electron chi connectivity index (χ1n) is 10.2. The summed E-state index contributed by atoms with van der Waals surface area (Å²) in [5, 5.41) is 11.3. The van der Waals surface area contributed by atoms with Crippen molar-refractivity contribution >= 4 is 5.96 Å². The summed E-state index contributed by atoms with van der Waals surface area (Å²) in [4.78, 5) is 4.75. The highest BCUT2D eigenvalue weighted by molar-refractivity contribution is 5.80. The van der Waals surface area contributed by atoms with Gasteiger partial charge in [-0.3, -0.25) is 4.68 Å². The number of aliphatic imine (C=N–C) groups is 1. The number of aryl methyl sites for hydroxylation is 2. The molecule has 0 bridgehead atoms. The Kier molecular flexibility index (Phi) is 8.38. The SMILES string of the molecule is CCNC(=NCc1ccc(OC)c(OC)c1OC)NC(C)Cc1c(C)nn(C)c1C. The molecule has 2 N–H and O–H groups in total. The predicted octanol–water partition coefficient (Wildman–Crippen LogP) is 2.75. The van der Waals surface area contributed by atoms with Crippen molar-refractivity contribution in [3.63, 3.8) is 0 Å². The molecule has 0 fully saturated rings. The minimum absolute atomic E-state index is 0.191. The molecule has 1 aromatic heterocycles. The largest absolute Gasteiger partial charge is 0.493 e. The Labute approximate surface area is 179 Å². The molecule has 1 heterocycles. The standard InChI is InChI=1S/C22H35N5O3/c1-9-23-22(25-14(2)12-18-15(3)26-27(5)16(18)4)24-13-17-10-11-19(28-6)21(30-8)20(17)29-7/h10-11,14H,9,12-13H2,1-8H3,(H2,23,24,25). The lowest BCUT2D eigenvalue weighted by atomic mass is 10.1. The number of benzene rings is 1. The van der Waals surface area contributed by atoms with Gasteiger partial charge < -0.3 is 24.8 Å². The van der Waals surface area contributed by atoms with Gasteiger partial charge in [-0.2, -0.15) is 5.10 Å². The van der Waals surface area contributed by atoms with Crippen LogP contribution in [0.1, 0.15) is 36.4 Å². The first kappa shape index (κ1) is 23.4. The lowest BCUT2D eigenvalue weighted by molar-refractivity contribution is 0.322. The zero-order valence-corrected chi connectivity index (χ0v) is 19.4. The van der Waals surface area contributed by atoms with Crippen molar-refractivity contribution in [3.05, 3.63) is 34.6 Å². The van der Waals surface area contributed by atoms with Gasteiger partial charge >= 0.3 is 0 Å². The molecule has 166 valence electrons. The third-order valence-corrected chi connectivity index (χ3v) is 5.09. The fourth-order valence-electron chi connectivity index (χ4n) is 3.48. The van der Waals surface area contributed by atoms with Gasteiger partial charge in [-0.05, 0) is 51.8 Å². The number of hydrogen-bond donors (Lipinski definition) is 2. The van der Waals surface area contributed by atoms with Crippen molar-refractivity contribution in [1.82, 2.24) is 20.4 Å². The molecule has 0 aliphatic carbocycles. The van der Waals surface area contributed by atoms with E-state index in [2.05, 4.69) is 36.5 Å². The Hall–Kier alpha value is -2.90. The summed E-state index contributed by atoms with van der Waals surface area (Å²) in [6.07, 6.45) is 0.871. The Morgan fingerprint density at radius 2 is 1.83 bits per heavy atom. The molecule has 1 aromatic carbocycles. The maximum absolute atomic E-state index is 5.57. The van der Waals surface area contributed by atoms with Crippen LogP contribution in [0.25, 0.3) is 0 Å². The summed E-state index contributed by atoms with van der Waals surface area (Å²) in [6.45, 7) is 9.56. The van der Waals surface area contributed by atoms with E-state index in [4.69, 9.17) is 19.2 Å². The highest BCUT2D eigenvalue weighted by Crippen LogP contribution is 2.39. The summed E-state index contributed by atoms with van der Waals surface area (Å²) in [6, 6.07) is 4.00. The lowest BCUT2D eigenvalue weighted by Gasteiger charge is -2.19. The Balaban J connectivity index is 2.18. The van der Waals surface area contributed by atoms with Gasteiger partial charge in [-0.25, -0.2) is 4.99 Å². The minimum atomic E-state index is 0.191. The number of ether oxygens (including phenoxy) is 3. The molecule has 0 aliphatic heterocycles. The zero-order chi connectivity index (χ0) is 22.3. The fourth-order valence-corrected chi connectivity index (χ4v) is 3.48. The Bertz CT molecular complexity index is 876. The number of guanidine groups is 1. The van der Waals surface area contributed by atoms with Crippen molar-refractivity contribution in [3.8, 4) is 17.2 Å². The molecule has 2 rings (SSSR count). The van der Waals surface area contributed by atoms with Crippen LogP contribution < -0.4 is 24.8 Å². The Morgan fingerprint density at radius 1 is 1.13 bits per heavy atom. The van der Waals surface area contributed by atoms with E-state index in [0.29, 0.717) is 23.8 Å². The van der Waals surface area contributed by atoms with Gasteiger partial charge in [0.05, 0.1) is 33.6 Å². The number of hydrogen-bond acceptors (Lipinski definition) is 5. The maximum Gasteiger partial charge on any atom is 0.203 e. The van der Waals surface area contributed by atoms with Crippen molar-refractivity contribution in [2.24, 2.45) is 12.0 Å². The van der Waals surface area contributed by atoms with E-state index in [9.17, 15) is 0 Å². The van der Waals surface area contributed by atoms with E-state index in [1.807, 2.05) is 30.8 Å². The van der Waals surface area contributed by atoms with Crippen molar-refractivity contribution in [2.75, 3.05) is 27.9 Å². The molecular weight excluding hydrogens is 382 g/mol. The maximum atomic E-state index is 5.57. The molecule has 0 saturated heterocycles. The van der Waals surface area contributed by atoms with Gasteiger partial charge in [0.15, 0.2) is 17.5 Å². The first-order chi connectivity index (χ1) is 14.4. The highest BCUT2D eigenvalue weighted by Gasteiger charge is 2.17. The van der Waals surface area contributed by atoms with Gasteiger partial charge in [0.2, 0.25) is 5.75 Å². The highest BCUT2D eigenvalue weighted by atomic mass is 16.5. The van der Waals surface area contributed by atoms with Crippen LogP contribution in [0.3, 0.4) is 0 Å². The Morgan fingerprint density at radius 3 is 2.37 bits per heavy atom. The zero-order valence-electron chi connectivity index (χ0n) is 19.4. The van der Waals surface area contributed by atoms with E-state index in [1.165, 1.54) is 11.3 Å². The number of nitrogens with one attached hydrogen (secondary N) is 2. The smallest absolute Gasteiger partial charge is 0.203 e. The molecule has 8 nitrogen and oxygen atoms in total. The topological polar surface area (TPSA) is 81.9 Å². The first-order valence-corrected chi connectivity index (χ1v) is 10.2.